The van der Waals surface area contributed by atoms with Gasteiger partial charge in [0.1, 0.15) is 5.75 Å². The highest BCUT2D eigenvalue weighted by atomic mass is 32.2. The topological polar surface area (TPSA) is 57.0 Å². The molecule has 1 unspecified atom stereocenters. The number of rotatable bonds is 4. The number of methoxy groups -OCH3 is 1. The van der Waals surface area contributed by atoms with E-state index in [0.29, 0.717) is 10.9 Å². The Labute approximate surface area is 131 Å². The van der Waals surface area contributed by atoms with E-state index in [4.69, 9.17) is 4.74 Å². The summed E-state index contributed by atoms with van der Waals surface area (Å²) in [5.41, 5.74) is 3.51. The molecule has 0 saturated carbocycles. The van der Waals surface area contributed by atoms with E-state index < -0.39 is 10.8 Å². The molecular weight excluding hydrogens is 298 g/mol. The molecule has 0 saturated heterocycles. The van der Waals surface area contributed by atoms with Gasteiger partial charge in [0.25, 0.3) is 0 Å². The molecule has 22 heavy (non-hydrogen) atoms. The average Bonchev–Trinajstić information content (AvgIpc) is 2.87. The standard InChI is InChI=1S/C16H17N3O2S/c1-11-13(17-9-8-15(11)21-3)10-22(20)16-18-12-6-4-5-7-14(12)19(16)2/h4-9H,10H2,1-3H3. The third-order valence-electron chi connectivity index (χ3n) is 3.70. The number of aryl methyl sites for hydroxylation is 1. The van der Waals surface area contributed by atoms with Crippen LogP contribution in [0.2, 0.25) is 0 Å². The monoisotopic (exact) mass is 315 g/mol. The number of pyridine rings is 1. The van der Waals surface area contributed by atoms with E-state index in [1.165, 1.54) is 0 Å². The molecule has 1 aromatic carbocycles. The summed E-state index contributed by atoms with van der Waals surface area (Å²) < 4.78 is 19.9. The molecule has 0 N–H and O–H groups in total. The molecule has 0 amide bonds. The van der Waals surface area contributed by atoms with Crippen LogP contribution >= 0.6 is 0 Å². The van der Waals surface area contributed by atoms with E-state index in [1.54, 1.807) is 19.4 Å². The first-order chi connectivity index (χ1) is 10.6. The average molecular weight is 315 g/mol. The Morgan fingerprint density at radius 3 is 2.77 bits per heavy atom. The number of nitrogens with zero attached hydrogens (tertiary/aromatic N) is 3. The van der Waals surface area contributed by atoms with Crippen LogP contribution < -0.4 is 4.74 Å². The van der Waals surface area contributed by atoms with Crippen LogP contribution in [0.25, 0.3) is 11.0 Å². The molecule has 1 atom stereocenters. The summed E-state index contributed by atoms with van der Waals surface area (Å²) in [4.78, 5) is 8.81. The highest BCUT2D eigenvalue weighted by Crippen LogP contribution is 2.22. The van der Waals surface area contributed by atoms with Gasteiger partial charge in [0.05, 0.1) is 40.4 Å². The lowest BCUT2D eigenvalue weighted by Crippen LogP contribution is -2.07. The highest BCUT2D eigenvalue weighted by Gasteiger charge is 2.16. The molecule has 0 aliphatic carbocycles. The fourth-order valence-electron chi connectivity index (χ4n) is 2.44. The lowest BCUT2D eigenvalue weighted by molar-refractivity contribution is 0.410. The fourth-order valence-corrected chi connectivity index (χ4v) is 3.71. The lowest BCUT2D eigenvalue weighted by atomic mass is 10.2. The van der Waals surface area contributed by atoms with Gasteiger partial charge in [-0.1, -0.05) is 12.1 Å². The molecule has 6 heteroatoms. The molecule has 2 heterocycles. The second kappa shape index (κ2) is 5.88. The largest absolute Gasteiger partial charge is 0.496 e. The van der Waals surface area contributed by atoms with Crippen molar-refractivity contribution in [3.8, 4) is 5.75 Å². The van der Waals surface area contributed by atoms with Crippen molar-refractivity contribution in [1.29, 1.82) is 0 Å². The zero-order valence-corrected chi connectivity index (χ0v) is 13.6. The Balaban J connectivity index is 1.95. The maximum absolute atomic E-state index is 12.7. The normalized spacial score (nSPS) is 12.5. The van der Waals surface area contributed by atoms with Gasteiger partial charge in [0, 0.05) is 18.8 Å². The molecule has 0 bridgehead atoms. The smallest absolute Gasteiger partial charge is 0.200 e. The first kappa shape index (κ1) is 14.7. The number of fused-ring (bicyclic) bond motifs is 1. The molecule has 2 aromatic heterocycles. The number of benzene rings is 1. The molecule has 0 fully saturated rings. The zero-order chi connectivity index (χ0) is 15.7. The van der Waals surface area contributed by atoms with Crippen molar-refractivity contribution in [3.63, 3.8) is 0 Å². The maximum Gasteiger partial charge on any atom is 0.200 e. The van der Waals surface area contributed by atoms with Crippen LogP contribution in [0.1, 0.15) is 11.3 Å². The summed E-state index contributed by atoms with van der Waals surface area (Å²) in [5, 5.41) is 0.560. The Morgan fingerprint density at radius 1 is 1.27 bits per heavy atom. The predicted molar refractivity (Wildman–Crippen MR) is 86.4 cm³/mol. The molecule has 0 aliphatic rings. The van der Waals surface area contributed by atoms with Gasteiger partial charge in [-0.2, -0.15) is 0 Å². The summed E-state index contributed by atoms with van der Waals surface area (Å²) in [6.07, 6.45) is 1.67. The van der Waals surface area contributed by atoms with Crippen LogP contribution in [0, 0.1) is 6.92 Å². The van der Waals surface area contributed by atoms with Crippen LogP contribution in [-0.4, -0.2) is 25.9 Å². The first-order valence-electron chi connectivity index (χ1n) is 6.90. The molecule has 5 nitrogen and oxygen atoms in total. The molecule has 0 aliphatic heterocycles. The second-order valence-electron chi connectivity index (χ2n) is 5.02. The highest BCUT2D eigenvalue weighted by molar-refractivity contribution is 7.84. The van der Waals surface area contributed by atoms with Gasteiger partial charge in [-0.15, -0.1) is 0 Å². The van der Waals surface area contributed by atoms with Crippen molar-refractivity contribution in [2.45, 2.75) is 17.8 Å². The summed E-state index contributed by atoms with van der Waals surface area (Å²) in [6.45, 7) is 1.92. The summed E-state index contributed by atoms with van der Waals surface area (Å²) >= 11 is 0. The lowest BCUT2D eigenvalue weighted by Gasteiger charge is -2.09. The Kier molecular flexibility index (Phi) is 3.94. The van der Waals surface area contributed by atoms with Gasteiger partial charge in [0.2, 0.25) is 0 Å². The number of hydrogen-bond donors (Lipinski definition) is 0. The quantitative estimate of drug-likeness (QED) is 0.742. The minimum atomic E-state index is -1.27. The first-order valence-corrected chi connectivity index (χ1v) is 8.22. The van der Waals surface area contributed by atoms with E-state index >= 15 is 0 Å². The van der Waals surface area contributed by atoms with E-state index in [0.717, 1.165) is 28.0 Å². The maximum atomic E-state index is 12.7. The van der Waals surface area contributed by atoms with Crippen LogP contribution in [0.3, 0.4) is 0 Å². The van der Waals surface area contributed by atoms with Gasteiger partial charge in [0.15, 0.2) is 5.16 Å². The number of ether oxygens (including phenoxy) is 1. The minimum absolute atomic E-state index is 0.320. The van der Waals surface area contributed by atoms with Gasteiger partial charge in [-0.3, -0.25) is 9.19 Å². The van der Waals surface area contributed by atoms with E-state index in [9.17, 15) is 4.21 Å². The third kappa shape index (κ3) is 2.50. The summed E-state index contributed by atoms with van der Waals surface area (Å²) in [7, 11) is 2.24. The van der Waals surface area contributed by atoms with Crippen LogP contribution in [-0.2, 0) is 23.6 Å². The van der Waals surface area contributed by atoms with Gasteiger partial charge < -0.3 is 9.30 Å². The minimum Gasteiger partial charge on any atom is -0.496 e. The zero-order valence-electron chi connectivity index (χ0n) is 12.7. The summed E-state index contributed by atoms with van der Waals surface area (Å²) in [5.74, 6) is 1.08. The van der Waals surface area contributed by atoms with Crippen LogP contribution in [0.15, 0.2) is 41.7 Å². The molecule has 3 aromatic rings. The van der Waals surface area contributed by atoms with Crippen molar-refractivity contribution in [3.05, 3.63) is 47.8 Å². The van der Waals surface area contributed by atoms with Gasteiger partial charge in [-0.05, 0) is 25.1 Å². The van der Waals surface area contributed by atoms with Gasteiger partial charge >= 0.3 is 0 Å². The number of hydrogen-bond acceptors (Lipinski definition) is 4. The van der Waals surface area contributed by atoms with Crippen LogP contribution in [0.4, 0.5) is 0 Å². The Hall–Kier alpha value is -2.21. The molecule has 0 spiro atoms. The molecule has 114 valence electrons. The third-order valence-corrected chi connectivity index (χ3v) is 5.00. The second-order valence-corrected chi connectivity index (χ2v) is 6.36. The fraction of sp³-hybridized carbons (Fsp3) is 0.250. The molecular formula is C16H17N3O2S. The van der Waals surface area contributed by atoms with Crippen molar-refractivity contribution in [1.82, 2.24) is 14.5 Å². The van der Waals surface area contributed by atoms with Crippen LogP contribution in [0.5, 0.6) is 5.75 Å². The van der Waals surface area contributed by atoms with E-state index in [1.807, 2.05) is 42.8 Å². The van der Waals surface area contributed by atoms with E-state index in [2.05, 4.69) is 9.97 Å². The van der Waals surface area contributed by atoms with Crippen molar-refractivity contribution in [2.24, 2.45) is 7.05 Å². The van der Waals surface area contributed by atoms with Crippen molar-refractivity contribution in [2.75, 3.05) is 7.11 Å². The molecule has 3 rings (SSSR count). The Morgan fingerprint density at radius 2 is 2.05 bits per heavy atom. The summed E-state index contributed by atoms with van der Waals surface area (Å²) in [6, 6.07) is 9.57. The van der Waals surface area contributed by atoms with Crippen molar-refractivity contribution < 1.29 is 8.95 Å². The number of aromatic nitrogens is 3. The van der Waals surface area contributed by atoms with Gasteiger partial charge in [-0.25, -0.2) is 4.98 Å². The number of imidazole rings is 1. The Bertz CT molecular complexity index is 858. The van der Waals surface area contributed by atoms with Crippen molar-refractivity contribution >= 4 is 21.8 Å². The molecule has 0 radical (unpaired) electrons. The number of para-hydroxylation sites is 2. The van der Waals surface area contributed by atoms with E-state index in [-0.39, 0.29) is 0 Å². The SMILES string of the molecule is COc1ccnc(CS(=O)c2nc3ccccc3n2C)c1C. The predicted octanol–water partition coefficient (Wildman–Crippen LogP) is 2.59.